The number of carbonyl (C=O) groups is 1. The third-order valence-corrected chi connectivity index (χ3v) is 4.38. The molecule has 2 heterocycles. The number of nitrogens with one attached hydrogen (secondary N) is 2. The second-order valence-electron chi connectivity index (χ2n) is 4.94. The molecule has 0 fully saturated rings. The number of aromatic amines is 1. The van der Waals surface area contributed by atoms with Gasteiger partial charge in [-0.3, -0.25) is 10.1 Å². The minimum atomic E-state index is -0.285. The Bertz CT molecular complexity index is 824. The van der Waals surface area contributed by atoms with Gasteiger partial charge in [0, 0.05) is 5.56 Å². The normalized spacial score (nSPS) is 10.7. The first-order chi connectivity index (χ1) is 10.5. The Balaban J connectivity index is 1.92. The number of nitrogens with zero attached hydrogens (tertiary/aromatic N) is 4. The SMILES string of the molecule is Cc1ccc(-c2nc(C)c(C(=O)Nc3nn[nH]n3)s2)c(C)c1. The zero-order valence-electron chi connectivity index (χ0n) is 12.3. The van der Waals surface area contributed by atoms with E-state index in [9.17, 15) is 4.79 Å². The van der Waals surface area contributed by atoms with Gasteiger partial charge in [0.1, 0.15) is 9.88 Å². The number of tetrazole rings is 1. The van der Waals surface area contributed by atoms with Crippen molar-refractivity contribution in [2.24, 2.45) is 0 Å². The number of anilines is 1. The van der Waals surface area contributed by atoms with Gasteiger partial charge in [-0.1, -0.05) is 28.9 Å². The summed E-state index contributed by atoms with van der Waals surface area (Å²) in [6, 6.07) is 6.17. The standard InChI is InChI=1S/C14H14N6OS/c1-7-4-5-10(8(2)6-7)13-15-9(3)11(22-13)12(21)16-14-17-19-20-18-14/h4-6H,1-3H3,(H2,16,17,18,19,20,21). The molecule has 0 aliphatic heterocycles. The van der Waals surface area contributed by atoms with Gasteiger partial charge in [-0.05, 0) is 31.5 Å². The first-order valence-corrected chi connectivity index (χ1v) is 7.46. The van der Waals surface area contributed by atoms with Gasteiger partial charge < -0.3 is 0 Å². The van der Waals surface area contributed by atoms with Crippen molar-refractivity contribution in [3.05, 3.63) is 39.9 Å². The lowest BCUT2D eigenvalue weighted by molar-refractivity contribution is 0.102. The lowest BCUT2D eigenvalue weighted by Gasteiger charge is -2.02. The van der Waals surface area contributed by atoms with Crippen molar-refractivity contribution in [1.82, 2.24) is 25.6 Å². The molecule has 0 aliphatic rings. The maximum Gasteiger partial charge on any atom is 0.270 e. The van der Waals surface area contributed by atoms with Gasteiger partial charge in [0.15, 0.2) is 0 Å². The lowest BCUT2D eigenvalue weighted by Crippen LogP contribution is -2.12. The largest absolute Gasteiger partial charge is 0.287 e. The molecule has 0 radical (unpaired) electrons. The highest BCUT2D eigenvalue weighted by Gasteiger charge is 2.18. The van der Waals surface area contributed by atoms with Gasteiger partial charge in [0.25, 0.3) is 11.9 Å². The molecular formula is C14H14N6OS. The second-order valence-corrected chi connectivity index (χ2v) is 5.94. The maximum absolute atomic E-state index is 12.3. The highest BCUT2D eigenvalue weighted by atomic mass is 32.1. The zero-order valence-corrected chi connectivity index (χ0v) is 13.2. The predicted molar refractivity (Wildman–Crippen MR) is 83.9 cm³/mol. The van der Waals surface area contributed by atoms with E-state index in [4.69, 9.17) is 0 Å². The van der Waals surface area contributed by atoms with Crippen LogP contribution in [0.4, 0.5) is 5.95 Å². The van der Waals surface area contributed by atoms with E-state index in [1.54, 1.807) is 0 Å². The van der Waals surface area contributed by atoms with Crippen LogP contribution in [0.2, 0.25) is 0 Å². The van der Waals surface area contributed by atoms with E-state index in [1.807, 2.05) is 32.9 Å². The first kappa shape index (κ1) is 14.3. The molecule has 3 rings (SSSR count). The average Bonchev–Trinajstić information content (AvgIpc) is 3.08. The number of hydrogen-bond donors (Lipinski definition) is 2. The van der Waals surface area contributed by atoms with Crippen molar-refractivity contribution in [3.63, 3.8) is 0 Å². The highest BCUT2D eigenvalue weighted by molar-refractivity contribution is 7.17. The van der Waals surface area contributed by atoms with Crippen molar-refractivity contribution in [2.45, 2.75) is 20.8 Å². The summed E-state index contributed by atoms with van der Waals surface area (Å²) in [4.78, 5) is 17.3. The van der Waals surface area contributed by atoms with Gasteiger partial charge in [-0.2, -0.15) is 5.21 Å². The van der Waals surface area contributed by atoms with Crippen LogP contribution in [0, 0.1) is 20.8 Å². The summed E-state index contributed by atoms with van der Waals surface area (Å²) in [5.41, 5.74) is 4.06. The number of aromatic nitrogens is 5. The second kappa shape index (κ2) is 5.64. The van der Waals surface area contributed by atoms with Crippen molar-refractivity contribution in [1.29, 1.82) is 0 Å². The molecule has 1 amide bonds. The number of hydrogen-bond acceptors (Lipinski definition) is 6. The van der Waals surface area contributed by atoms with Crippen molar-refractivity contribution in [2.75, 3.05) is 5.32 Å². The monoisotopic (exact) mass is 314 g/mol. The molecule has 0 spiro atoms. The minimum absolute atomic E-state index is 0.144. The van der Waals surface area contributed by atoms with Crippen LogP contribution in [0.1, 0.15) is 26.5 Å². The van der Waals surface area contributed by atoms with Gasteiger partial charge in [-0.15, -0.1) is 16.4 Å². The van der Waals surface area contributed by atoms with E-state index < -0.39 is 0 Å². The molecule has 8 heteroatoms. The van der Waals surface area contributed by atoms with Crippen LogP contribution in [0.25, 0.3) is 10.6 Å². The van der Waals surface area contributed by atoms with E-state index >= 15 is 0 Å². The minimum Gasteiger partial charge on any atom is -0.287 e. The summed E-state index contributed by atoms with van der Waals surface area (Å²) in [6.07, 6.45) is 0. The summed E-state index contributed by atoms with van der Waals surface area (Å²) >= 11 is 1.35. The molecule has 3 aromatic rings. The van der Waals surface area contributed by atoms with Crippen LogP contribution in [-0.2, 0) is 0 Å². The third-order valence-electron chi connectivity index (χ3n) is 3.19. The fourth-order valence-corrected chi connectivity index (χ4v) is 3.20. The number of carbonyl (C=O) groups excluding carboxylic acids is 1. The molecule has 7 nitrogen and oxygen atoms in total. The van der Waals surface area contributed by atoms with Crippen molar-refractivity contribution < 1.29 is 4.79 Å². The van der Waals surface area contributed by atoms with Gasteiger partial charge in [0.2, 0.25) is 0 Å². The van der Waals surface area contributed by atoms with Crippen LogP contribution in [-0.4, -0.2) is 31.5 Å². The molecule has 0 aliphatic carbocycles. The Hall–Kier alpha value is -2.61. The number of rotatable bonds is 3. The van der Waals surface area contributed by atoms with E-state index in [0.717, 1.165) is 16.1 Å². The summed E-state index contributed by atoms with van der Waals surface area (Å²) in [5.74, 6) is -0.140. The zero-order chi connectivity index (χ0) is 15.7. The highest BCUT2D eigenvalue weighted by Crippen LogP contribution is 2.30. The van der Waals surface area contributed by atoms with Gasteiger partial charge >= 0.3 is 0 Å². The quantitative estimate of drug-likeness (QED) is 0.774. The summed E-state index contributed by atoms with van der Waals surface area (Å²) < 4.78 is 0. The molecule has 0 atom stereocenters. The molecule has 1 aromatic carbocycles. The molecule has 0 bridgehead atoms. The Labute approximate surface area is 130 Å². The number of thiazole rings is 1. The fraction of sp³-hybridized carbons (Fsp3) is 0.214. The molecule has 0 unspecified atom stereocenters. The van der Waals surface area contributed by atoms with Crippen LogP contribution < -0.4 is 5.32 Å². The Kier molecular flexibility index (Phi) is 3.68. The Morgan fingerprint density at radius 3 is 2.77 bits per heavy atom. The molecule has 0 saturated carbocycles. The van der Waals surface area contributed by atoms with Crippen molar-refractivity contribution >= 4 is 23.2 Å². The van der Waals surface area contributed by atoms with Crippen LogP contribution in [0.5, 0.6) is 0 Å². The molecule has 2 N–H and O–H groups in total. The Morgan fingerprint density at radius 2 is 2.09 bits per heavy atom. The van der Waals surface area contributed by atoms with Gasteiger partial charge in [-0.25, -0.2) is 4.98 Å². The topological polar surface area (TPSA) is 96.5 Å². The van der Waals surface area contributed by atoms with Crippen LogP contribution in [0.3, 0.4) is 0 Å². The predicted octanol–water partition coefficient (Wildman–Crippen LogP) is 2.50. The first-order valence-electron chi connectivity index (χ1n) is 6.64. The Morgan fingerprint density at radius 1 is 1.27 bits per heavy atom. The summed E-state index contributed by atoms with van der Waals surface area (Å²) in [7, 11) is 0. The van der Waals surface area contributed by atoms with Crippen molar-refractivity contribution in [3.8, 4) is 10.6 Å². The molecule has 2 aromatic heterocycles. The average molecular weight is 314 g/mol. The van der Waals surface area contributed by atoms with E-state index in [2.05, 4.69) is 37.0 Å². The lowest BCUT2D eigenvalue weighted by atomic mass is 10.1. The smallest absolute Gasteiger partial charge is 0.270 e. The fourth-order valence-electron chi connectivity index (χ4n) is 2.15. The number of H-pyrrole nitrogens is 1. The van der Waals surface area contributed by atoms with E-state index in [1.165, 1.54) is 16.9 Å². The van der Waals surface area contributed by atoms with Gasteiger partial charge in [0.05, 0.1) is 5.69 Å². The molecular weight excluding hydrogens is 300 g/mol. The summed E-state index contributed by atoms with van der Waals surface area (Å²) in [5, 5.41) is 16.5. The molecule has 112 valence electrons. The number of benzene rings is 1. The van der Waals surface area contributed by atoms with Crippen LogP contribution >= 0.6 is 11.3 Å². The summed E-state index contributed by atoms with van der Waals surface area (Å²) in [6.45, 7) is 5.90. The van der Waals surface area contributed by atoms with E-state index in [0.29, 0.717) is 10.6 Å². The van der Waals surface area contributed by atoms with E-state index in [-0.39, 0.29) is 11.9 Å². The maximum atomic E-state index is 12.3. The van der Waals surface area contributed by atoms with Crippen LogP contribution in [0.15, 0.2) is 18.2 Å². The molecule has 22 heavy (non-hydrogen) atoms. The molecule has 0 saturated heterocycles. The third kappa shape index (κ3) is 2.73. The number of amides is 1. The number of aryl methyl sites for hydroxylation is 3.